The summed E-state index contributed by atoms with van der Waals surface area (Å²) in [4.78, 5) is 24.3. The molecule has 0 unspecified atom stereocenters. The van der Waals surface area contributed by atoms with Crippen LogP contribution in [0.15, 0.2) is 49.1 Å². The predicted octanol–water partition coefficient (Wildman–Crippen LogP) is 1.43. The summed E-state index contributed by atoms with van der Waals surface area (Å²) in [5.41, 5.74) is 1.88. The molecule has 0 saturated carbocycles. The van der Waals surface area contributed by atoms with Crippen LogP contribution in [0.25, 0.3) is 0 Å². The van der Waals surface area contributed by atoms with Crippen molar-refractivity contribution in [1.82, 2.24) is 19.8 Å². The van der Waals surface area contributed by atoms with Crippen LogP contribution < -0.4 is 0 Å². The normalized spacial score (nSPS) is 15.9. The zero-order chi connectivity index (χ0) is 14.5. The lowest BCUT2D eigenvalue weighted by Gasteiger charge is -2.34. The minimum Gasteiger partial charge on any atom is -0.336 e. The number of hydrogen-bond acceptors (Lipinski definition) is 4. The standard InChI is InChI=1S/C16H18N4O/c21-16(15-10-17-13-18-11-15)20-8-6-19(7-9-20)12-14-4-2-1-3-5-14/h1-5,10-11,13H,6-9,12H2. The van der Waals surface area contributed by atoms with Crippen molar-refractivity contribution in [3.63, 3.8) is 0 Å². The van der Waals surface area contributed by atoms with E-state index in [-0.39, 0.29) is 5.91 Å². The Morgan fingerprint density at radius 2 is 1.67 bits per heavy atom. The molecule has 1 aliphatic rings. The monoisotopic (exact) mass is 282 g/mol. The minimum absolute atomic E-state index is 0.0231. The van der Waals surface area contributed by atoms with Crippen LogP contribution >= 0.6 is 0 Å². The van der Waals surface area contributed by atoms with Crippen LogP contribution in [0.1, 0.15) is 15.9 Å². The molecule has 0 atom stereocenters. The highest BCUT2D eigenvalue weighted by molar-refractivity contribution is 5.93. The number of carbonyl (C=O) groups excluding carboxylic acids is 1. The topological polar surface area (TPSA) is 49.3 Å². The van der Waals surface area contributed by atoms with Gasteiger partial charge in [-0.15, -0.1) is 0 Å². The van der Waals surface area contributed by atoms with E-state index in [1.54, 1.807) is 12.4 Å². The Balaban J connectivity index is 1.54. The lowest BCUT2D eigenvalue weighted by atomic mass is 10.2. The fraction of sp³-hybridized carbons (Fsp3) is 0.312. The SMILES string of the molecule is O=C(c1cncnc1)N1CCN(Cc2ccccc2)CC1. The summed E-state index contributed by atoms with van der Waals surface area (Å²) in [7, 11) is 0. The molecule has 5 heteroatoms. The maximum Gasteiger partial charge on any atom is 0.257 e. The van der Waals surface area contributed by atoms with E-state index in [0.29, 0.717) is 5.56 Å². The van der Waals surface area contributed by atoms with Crippen molar-refractivity contribution in [3.05, 3.63) is 60.2 Å². The Bertz CT molecular complexity index is 580. The molecule has 1 aliphatic heterocycles. The highest BCUT2D eigenvalue weighted by Gasteiger charge is 2.22. The van der Waals surface area contributed by atoms with Crippen molar-refractivity contribution in [3.8, 4) is 0 Å². The molecule has 1 aromatic carbocycles. The molecule has 2 aromatic rings. The molecule has 0 radical (unpaired) electrons. The van der Waals surface area contributed by atoms with Gasteiger partial charge in [-0.05, 0) is 5.56 Å². The van der Waals surface area contributed by atoms with Gasteiger partial charge in [0, 0.05) is 45.1 Å². The first-order valence-electron chi connectivity index (χ1n) is 7.13. The van der Waals surface area contributed by atoms with Crippen molar-refractivity contribution in [2.75, 3.05) is 26.2 Å². The number of rotatable bonds is 3. The summed E-state index contributed by atoms with van der Waals surface area (Å²) in [5, 5.41) is 0. The molecule has 3 rings (SSSR count). The average Bonchev–Trinajstić information content (AvgIpc) is 2.57. The highest BCUT2D eigenvalue weighted by atomic mass is 16.2. The van der Waals surface area contributed by atoms with Gasteiger partial charge >= 0.3 is 0 Å². The van der Waals surface area contributed by atoms with Crippen LogP contribution in [0.4, 0.5) is 0 Å². The molecule has 5 nitrogen and oxygen atoms in total. The molecule has 108 valence electrons. The molecule has 1 fully saturated rings. The third-order valence-corrected chi connectivity index (χ3v) is 3.72. The third kappa shape index (κ3) is 3.44. The molecule has 0 spiro atoms. The van der Waals surface area contributed by atoms with E-state index in [9.17, 15) is 4.79 Å². The van der Waals surface area contributed by atoms with Gasteiger partial charge in [-0.1, -0.05) is 30.3 Å². The summed E-state index contributed by atoms with van der Waals surface area (Å²) < 4.78 is 0. The highest BCUT2D eigenvalue weighted by Crippen LogP contribution is 2.10. The zero-order valence-electron chi connectivity index (χ0n) is 11.9. The summed E-state index contributed by atoms with van der Waals surface area (Å²) in [6.45, 7) is 4.24. The van der Waals surface area contributed by atoms with E-state index < -0.39 is 0 Å². The maximum absolute atomic E-state index is 12.3. The van der Waals surface area contributed by atoms with Gasteiger partial charge in [0.05, 0.1) is 5.56 Å². The van der Waals surface area contributed by atoms with Crippen LogP contribution in [0.2, 0.25) is 0 Å². The fourth-order valence-electron chi connectivity index (χ4n) is 2.54. The Morgan fingerprint density at radius 1 is 1.00 bits per heavy atom. The van der Waals surface area contributed by atoms with Crippen molar-refractivity contribution < 1.29 is 4.79 Å². The Morgan fingerprint density at radius 3 is 2.33 bits per heavy atom. The average molecular weight is 282 g/mol. The molecular weight excluding hydrogens is 264 g/mol. The van der Waals surface area contributed by atoms with Crippen LogP contribution in [0, 0.1) is 0 Å². The van der Waals surface area contributed by atoms with Crippen LogP contribution in [0.3, 0.4) is 0 Å². The lowest BCUT2D eigenvalue weighted by molar-refractivity contribution is 0.0627. The number of piperazine rings is 1. The van der Waals surface area contributed by atoms with E-state index in [1.165, 1.54) is 11.9 Å². The van der Waals surface area contributed by atoms with Gasteiger partial charge in [0.25, 0.3) is 5.91 Å². The van der Waals surface area contributed by atoms with Gasteiger partial charge in [0.1, 0.15) is 6.33 Å². The van der Waals surface area contributed by atoms with Gasteiger partial charge in [-0.3, -0.25) is 9.69 Å². The number of benzene rings is 1. The first-order valence-corrected chi connectivity index (χ1v) is 7.13. The van der Waals surface area contributed by atoms with Crippen molar-refractivity contribution in [2.45, 2.75) is 6.54 Å². The predicted molar refractivity (Wildman–Crippen MR) is 79.7 cm³/mol. The van der Waals surface area contributed by atoms with E-state index in [2.05, 4.69) is 39.1 Å². The van der Waals surface area contributed by atoms with Gasteiger partial charge in [0.2, 0.25) is 0 Å². The molecular formula is C16H18N4O. The molecule has 0 aliphatic carbocycles. The number of amides is 1. The summed E-state index contributed by atoms with van der Waals surface area (Å²) in [6, 6.07) is 10.4. The van der Waals surface area contributed by atoms with Crippen LogP contribution in [0.5, 0.6) is 0 Å². The summed E-state index contributed by atoms with van der Waals surface area (Å²) >= 11 is 0. The van der Waals surface area contributed by atoms with Crippen molar-refractivity contribution in [1.29, 1.82) is 0 Å². The third-order valence-electron chi connectivity index (χ3n) is 3.72. The second kappa shape index (κ2) is 6.45. The van der Waals surface area contributed by atoms with E-state index in [4.69, 9.17) is 0 Å². The van der Waals surface area contributed by atoms with E-state index in [1.807, 2.05) is 11.0 Å². The number of hydrogen-bond donors (Lipinski definition) is 0. The molecule has 0 N–H and O–H groups in total. The number of aromatic nitrogens is 2. The van der Waals surface area contributed by atoms with E-state index in [0.717, 1.165) is 32.7 Å². The second-order valence-corrected chi connectivity index (χ2v) is 5.18. The summed E-state index contributed by atoms with van der Waals surface area (Å²) in [6.07, 6.45) is 4.59. The van der Waals surface area contributed by atoms with Crippen LogP contribution in [-0.4, -0.2) is 51.9 Å². The Labute approximate surface area is 124 Å². The second-order valence-electron chi connectivity index (χ2n) is 5.18. The van der Waals surface area contributed by atoms with Crippen LogP contribution in [-0.2, 0) is 6.54 Å². The molecule has 21 heavy (non-hydrogen) atoms. The summed E-state index contributed by atoms with van der Waals surface area (Å²) in [5.74, 6) is 0.0231. The zero-order valence-corrected chi connectivity index (χ0v) is 11.9. The van der Waals surface area contributed by atoms with Gasteiger partial charge < -0.3 is 4.90 Å². The van der Waals surface area contributed by atoms with Gasteiger partial charge in [-0.25, -0.2) is 9.97 Å². The molecule has 0 bridgehead atoms. The van der Waals surface area contributed by atoms with Crippen molar-refractivity contribution in [2.24, 2.45) is 0 Å². The first kappa shape index (κ1) is 13.7. The maximum atomic E-state index is 12.3. The smallest absolute Gasteiger partial charge is 0.257 e. The molecule has 1 aromatic heterocycles. The molecule has 2 heterocycles. The quantitative estimate of drug-likeness (QED) is 0.854. The van der Waals surface area contributed by atoms with E-state index >= 15 is 0 Å². The Hall–Kier alpha value is -2.27. The largest absolute Gasteiger partial charge is 0.336 e. The first-order chi connectivity index (χ1) is 10.3. The fourth-order valence-corrected chi connectivity index (χ4v) is 2.54. The van der Waals surface area contributed by atoms with Crippen molar-refractivity contribution >= 4 is 5.91 Å². The van der Waals surface area contributed by atoms with Gasteiger partial charge in [0.15, 0.2) is 0 Å². The number of carbonyl (C=O) groups is 1. The number of nitrogens with zero attached hydrogens (tertiary/aromatic N) is 4. The van der Waals surface area contributed by atoms with Gasteiger partial charge in [-0.2, -0.15) is 0 Å². The molecule has 1 amide bonds. The Kier molecular flexibility index (Phi) is 4.21. The minimum atomic E-state index is 0.0231. The molecule has 1 saturated heterocycles. The lowest BCUT2D eigenvalue weighted by Crippen LogP contribution is -2.48.